The summed E-state index contributed by atoms with van der Waals surface area (Å²) in [6.45, 7) is 5.04. The van der Waals surface area contributed by atoms with Crippen LogP contribution in [0.5, 0.6) is 0 Å². The number of aromatic nitrogens is 3. The molecule has 0 radical (unpaired) electrons. The van der Waals surface area contributed by atoms with Gasteiger partial charge >= 0.3 is 0 Å². The maximum absolute atomic E-state index is 5.32. The standard InChI is InChI=1S/C16H21BrN4O/c1-10-16(11(2)22-19-10)9-20-13-3-4-14(20)6-15(5-13)21-8-12(17)7-18-21/h7-8,13-15H,3-6,9H2,1-2H3. The van der Waals surface area contributed by atoms with Gasteiger partial charge in [-0.05, 0) is 55.5 Å². The van der Waals surface area contributed by atoms with E-state index in [1.165, 1.54) is 31.2 Å². The molecule has 22 heavy (non-hydrogen) atoms. The van der Waals surface area contributed by atoms with E-state index in [2.05, 4.69) is 42.0 Å². The Morgan fingerprint density at radius 1 is 1.23 bits per heavy atom. The third-order valence-electron chi connectivity index (χ3n) is 5.33. The third kappa shape index (κ3) is 2.42. The van der Waals surface area contributed by atoms with E-state index < -0.39 is 0 Å². The lowest BCUT2D eigenvalue weighted by Gasteiger charge is -2.39. The molecule has 0 aromatic carbocycles. The van der Waals surface area contributed by atoms with E-state index in [1.54, 1.807) is 0 Å². The fraction of sp³-hybridized carbons (Fsp3) is 0.625. The van der Waals surface area contributed by atoms with Gasteiger partial charge in [0.05, 0.1) is 22.4 Å². The normalized spacial score (nSPS) is 28.4. The van der Waals surface area contributed by atoms with Crippen molar-refractivity contribution >= 4 is 15.9 Å². The zero-order chi connectivity index (χ0) is 15.3. The Morgan fingerprint density at radius 2 is 1.95 bits per heavy atom. The summed E-state index contributed by atoms with van der Waals surface area (Å²) in [6, 6.07) is 1.84. The highest BCUT2D eigenvalue weighted by molar-refractivity contribution is 9.10. The van der Waals surface area contributed by atoms with E-state index in [-0.39, 0.29) is 0 Å². The summed E-state index contributed by atoms with van der Waals surface area (Å²) in [5.41, 5.74) is 2.31. The number of hydrogen-bond donors (Lipinski definition) is 0. The summed E-state index contributed by atoms with van der Waals surface area (Å²) < 4.78 is 8.53. The van der Waals surface area contributed by atoms with Crippen LogP contribution in [0.1, 0.15) is 48.7 Å². The van der Waals surface area contributed by atoms with Gasteiger partial charge in [0, 0.05) is 30.4 Å². The molecule has 0 amide bonds. The molecule has 2 bridgehead atoms. The molecule has 2 unspecified atom stereocenters. The van der Waals surface area contributed by atoms with E-state index in [0.717, 1.165) is 22.5 Å². The second-order valence-electron chi connectivity index (χ2n) is 6.62. The minimum atomic E-state index is 0.532. The van der Waals surface area contributed by atoms with Gasteiger partial charge in [-0.25, -0.2) is 0 Å². The van der Waals surface area contributed by atoms with Gasteiger partial charge in [0.15, 0.2) is 0 Å². The summed E-state index contributed by atoms with van der Waals surface area (Å²) >= 11 is 3.50. The highest BCUT2D eigenvalue weighted by Gasteiger charge is 2.41. The Kier molecular flexibility index (Phi) is 3.61. The Balaban J connectivity index is 1.51. The van der Waals surface area contributed by atoms with Crippen molar-refractivity contribution in [3.63, 3.8) is 0 Å². The summed E-state index contributed by atoms with van der Waals surface area (Å²) in [5, 5.41) is 8.59. The predicted molar refractivity (Wildman–Crippen MR) is 86.5 cm³/mol. The molecule has 0 spiro atoms. The van der Waals surface area contributed by atoms with Gasteiger partial charge in [0.2, 0.25) is 0 Å². The predicted octanol–water partition coefficient (Wildman–Crippen LogP) is 3.62. The van der Waals surface area contributed by atoms with Crippen molar-refractivity contribution in [2.24, 2.45) is 0 Å². The molecule has 2 aromatic rings. The first kappa shape index (κ1) is 14.5. The number of piperidine rings is 1. The SMILES string of the molecule is Cc1noc(C)c1CN1C2CCC1CC(n1cc(Br)cn1)C2. The van der Waals surface area contributed by atoms with Crippen LogP contribution in [-0.2, 0) is 6.54 Å². The summed E-state index contributed by atoms with van der Waals surface area (Å²) in [5.74, 6) is 0.968. The lowest BCUT2D eigenvalue weighted by atomic mass is 9.96. The van der Waals surface area contributed by atoms with Gasteiger partial charge < -0.3 is 4.52 Å². The number of aryl methyl sites for hydroxylation is 2. The Bertz CT molecular complexity index is 646. The minimum absolute atomic E-state index is 0.532. The lowest BCUT2D eigenvalue weighted by Crippen LogP contribution is -2.43. The molecule has 2 aliphatic heterocycles. The van der Waals surface area contributed by atoms with Crippen molar-refractivity contribution in [2.75, 3.05) is 0 Å². The number of halogens is 1. The van der Waals surface area contributed by atoms with E-state index in [9.17, 15) is 0 Å². The maximum Gasteiger partial charge on any atom is 0.138 e. The van der Waals surface area contributed by atoms with Gasteiger partial charge in [-0.1, -0.05) is 5.16 Å². The molecular formula is C16H21BrN4O. The van der Waals surface area contributed by atoms with Crippen LogP contribution < -0.4 is 0 Å². The fourth-order valence-corrected chi connectivity index (χ4v) is 4.45. The monoisotopic (exact) mass is 364 g/mol. The third-order valence-corrected chi connectivity index (χ3v) is 5.73. The molecule has 2 fully saturated rings. The van der Waals surface area contributed by atoms with Crippen LogP contribution in [0.15, 0.2) is 21.4 Å². The Labute approximate surface area is 138 Å². The van der Waals surface area contributed by atoms with Crippen molar-refractivity contribution in [1.29, 1.82) is 0 Å². The van der Waals surface area contributed by atoms with Crippen molar-refractivity contribution in [2.45, 2.75) is 64.2 Å². The topological polar surface area (TPSA) is 47.1 Å². The molecule has 4 heterocycles. The van der Waals surface area contributed by atoms with Crippen LogP contribution in [0.2, 0.25) is 0 Å². The smallest absolute Gasteiger partial charge is 0.138 e. The first-order valence-corrected chi connectivity index (χ1v) is 8.78. The highest BCUT2D eigenvalue weighted by Crippen LogP contribution is 2.42. The molecule has 6 heteroatoms. The van der Waals surface area contributed by atoms with Crippen LogP contribution in [0, 0.1) is 13.8 Å². The molecule has 0 aliphatic carbocycles. The molecule has 2 aliphatic rings. The highest BCUT2D eigenvalue weighted by atomic mass is 79.9. The zero-order valence-corrected chi connectivity index (χ0v) is 14.6. The quantitative estimate of drug-likeness (QED) is 0.834. The molecule has 118 valence electrons. The molecular weight excluding hydrogens is 344 g/mol. The lowest BCUT2D eigenvalue weighted by molar-refractivity contribution is 0.0945. The van der Waals surface area contributed by atoms with Gasteiger partial charge in [-0.2, -0.15) is 5.10 Å². The zero-order valence-electron chi connectivity index (χ0n) is 13.0. The molecule has 4 rings (SSSR count). The average Bonchev–Trinajstić information content (AvgIpc) is 3.12. The van der Waals surface area contributed by atoms with Crippen LogP contribution in [0.3, 0.4) is 0 Å². The molecule has 2 aromatic heterocycles. The number of nitrogens with zero attached hydrogens (tertiary/aromatic N) is 4. The Morgan fingerprint density at radius 3 is 2.50 bits per heavy atom. The van der Waals surface area contributed by atoms with Gasteiger partial charge in [-0.3, -0.25) is 9.58 Å². The molecule has 0 N–H and O–H groups in total. The van der Waals surface area contributed by atoms with Crippen molar-refractivity contribution in [3.05, 3.63) is 33.9 Å². The van der Waals surface area contributed by atoms with E-state index >= 15 is 0 Å². The van der Waals surface area contributed by atoms with E-state index in [4.69, 9.17) is 4.52 Å². The fourth-order valence-electron chi connectivity index (χ4n) is 4.14. The second kappa shape index (κ2) is 5.49. The van der Waals surface area contributed by atoms with Crippen LogP contribution in [0.25, 0.3) is 0 Å². The van der Waals surface area contributed by atoms with E-state index in [1.807, 2.05) is 20.0 Å². The summed E-state index contributed by atoms with van der Waals surface area (Å²) in [6.07, 6.45) is 8.97. The summed E-state index contributed by atoms with van der Waals surface area (Å²) in [4.78, 5) is 2.67. The maximum atomic E-state index is 5.32. The Hall–Kier alpha value is -1.14. The van der Waals surface area contributed by atoms with Gasteiger partial charge in [0.25, 0.3) is 0 Å². The molecule has 5 nitrogen and oxygen atoms in total. The minimum Gasteiger partial charge on any atom is -0.361 e. The molecule has 0 saturated carbocycles. The molecule has 2 atom stereocenters. The van der Waals surface area contributed by atoms with E-state index in [0.29, 0.717) is 18.1 Å². The van der Waals surface area contributed by atoms with Crippen LogP contribution in [-0.4, -0.2) is 31.9 Å². The van der Waals surface area contributed by atoms with Crippen molar-refractivity contribution in [3.8, 4) is 0 Å². The average molecular weight is 365 g/mol. The van der Waals surface area contributed by atoms with Crippen LogP contribution >= 0.6 is 15.9 Å². The summed E-state index contributed by atoms with van der Waals surface area (Å²) in [7, 11) is 0. The van der Waals surface area contributed by atoms with Crippen molar-refractivity contribution < 1.29 is 4.52 Å². The number of rotatable bonds is 3. The number of fused-ring (bicyclic) bond motifs is 2. The van der Waals surface area contributed by atoms with Gasteiger partial charge in [-0.15, -0.1) is 0 Å². The van der Waals surface area contributed by atoms with Crippen molar-refractivity contribution in [1.82, 2.24) is 19.8 Å². The largest absolute Gasteiger partial charge is 0.361 e. The number of hydrogen-bond acceptors (Lipinski definition) is 4. The van der Waals surface area contributed by atoms with Crippen LogP contribution in [0.4, 0.5) is 0 Å². The van der Waals surface area contributed by atoms with Gasteiger partial charge in [0.1, 0.15) is 5.76 Å². The first-order chi connectivity index (χ1) is 10.6. The molecule has 2 saturated heterocycles. The first-order valence-electron chi connectivity index (χ1n) is 7.99. The second-order valence-corrected chi connectivity index (χ2v) is 7.54.